The molecule has 1 amide bonds. The maximum absolute atomic E-state index is 12.0. The molecule has 1 fully saturated rings. The van der Waals surface area contributed by atoms with Crippen molar-refractivity contribution in [3.8, 4) is 5.75 Å². The van der Waals surface area contributed by atoms with Crippen LogP contribution in [0.5, 0.6) is 5.75 Å². The molecule has 2 rings (SSSR count). The van der Waals surface area contributed by atoms with E-state index in [4.69, 9.17) is 4.74 Å². The van der Waals surface area contributed by atoms with E-state index >= 15 is 0 Å². The van der Waals surface area contributed by atoms with Crippen LogP contribution in [0.25, 0.3) is 0 Å². The van der Waals surface area contributed by atoms with Crippen molar-refractivity contribution in [2.75, 3.05) is 19.0 Å². The van der Waals surface area contributed by atoms with Gasteiger partial charge in [-0.05, 0) is 31.5 Å². The number of carbonyl (C=O) groups excluding carboxylic acids is 1. The summed E-state index contributed by atoms with van der Waals surface area (Å²) in [4.78, 5) is 12.0. The maximum atomic E-state index is 12.0. The number of methoxy groups -OCH3 is 1. The molecule has 0 bridgehead atoms. The third kappa shape index (κ3) is 3.20. The molecule has 0 aromatic heterocycles. The van der Waals surface area contributed by atoms with E-state index in [1.807, 2.05) is 24.3 Å². The van der Waals surface area contributed by atoms with Gasteiger partial charge < -0.3 is 15.4 Å². The molecule has 1 saturated heterocycles. The molecule has 0 radical (unpaired) electrons. The third-order valence-corrected chi connectivity index (χ3v) is 2.96. The highest BCUT2D eigenvalue weighted by atomic mass is 16.5. The molecule has 2 N–H and O–H groups in total. The first-order valence-corrected chi connectivity index (χ1v) is 5.98. The van der Waals surface area contributed by atoms with Gasteiger partial charge in [0.1, 0.15) is 5.75 Å². The average Bonchev–Trinajstić information content (AvgIpc) is 2.40. The zero-order valence-electron chi connectivity index (χ0n) is 10.0. The van der Waals surface area contributed by atoms with Gasteiger partial charge in [-0.2, -0.15) is 0 Å². The largest absolute Gasteiger partial charge is 0.497 e. The Morgan fingerprint density at radius 3 is 3.06 bits per heavy atom. The summed E-state index contributed by atoms with van der Waals surface area (Å²) >= 11 is 0. The predicted molar refractivity (Wildman–Crippen MR) is 67.3 cm³/mol. The van der Waals surface area contributed by atoms with E-state index in [1.54, 1.807) is 7.11 Å². The van der Waals surface area contributed by atoms with Gasteiger partial charge in [-0.3, -0.25) is 4.79 Å². The number of amides is 1. The van der Waals surface area contributed by atoms with Crippen LogP contribution < -0.4 is 15.4 Å². The molecular formula is C13H18N2O2. The molecule has 1 aromatic rings. The molecule has 1 heterocycles. The lowest BCUT2D eigenvalue weighted by atomic mass is 10.0. The molecule has 1 aromatic carbocycles. The first-order valence-electron chi connectivity index (χ1n) is 5.98. The van der Waals surface area contributed by atoms with Crippen LogP contribution in [0.4, 0.5) is 5.69 Å². The Balaban J connectivity index is 1.96. The molecule has 0 spiro atoms. The highest BCUT2D eigenvalue weighted by Crippen LogP contribution is 2.17. The highest BCUT2D eigenvalue weighted by Gasteiger charge is 2.20. The van der Waals surface area contributed by atoms with Gasteiger partial charge in [-0.25, -0.2) is 0 Å². The van der Waals surface area contributed by atoms with Crippen LogP contribution >= 0.6 is 0 Å². The molecule has 0 saturated carbocycles. The number of anilines is 1. The van der Waals surface area contributed by atoms with Gasteiger partial charge in [-0.15, -0.1) is 0 Å². The Bertz CT molecular complexity index is 387. The van der Waals surface area contributed by atoms with E-state index in [1.165, 1.54) is 0 Å². The van der Waals surface area contributed by atoms with Crippen molar-refractivity contribution in [2.45, 2.75) is 25.3 Å². The minimum absolute atomic E-state index is 0.0398. The van der Waals surface area contributed by atoms with E-state index in [2.05, 4.69) is 10.6 Å². The van der Waals surface area contributed by atoms with E-state index in [0.717, 1.165) is 37.2 Å². The van der Waals surface area contributed by atoms with Gasteiger partial charge in [0.25, 0.3) is 0 Å². The predicted octanol–water partition coefficient (Wildman–Crippen LogP) is 1.78. The quantitative estimate of drug-likeness (QED) is 0.838. The number of hydrogen-bond acceptors (Lipinski definition) is 3. The number of piperidine rings is 1. The van der Waals surface area contributed by atoms with Crippen LogP contribution in [0.2, 0.25) is 0 Å². The van der Waals surface area contributed by atoms with E-state index in [-0.39, 0.29) is 11.9 Å². The molecular weight excluding hydrogens is 216 g/mol. The Hall–Kier alpha value is -1.55. The van der Waals surface area contributed by atoms with Crippen molar-refractivity contribution in [1.29, 1.82) is 0 Å². The van der Waals surface area contributed by atoms with Crippen LogP contribution in [0.3, 0.4) is 0 Å². The second-order valence-corrected chi connectivity index (χ2v) is 4.22. The van der Waals surface area contributed by atoms with Gasteiger partial charge >= 0.3 is 0 Å². The van der Waals surface area contributed by atoms with Gasteiger partial charge in [0, 0.05) is 11.8 Å². The summed E-state index contributed by atoms with van der Waals surface area (Å²) in [6.45, 7) is 0.927. The van der Waals surface area contributed by atoms with Crippen LogP contribution in [0.1, 0.15) is 19.3 Å². The SMILES string of the molecule is COc1cccc(NC(=O)C2CCCCN2)c1. The van der Waals surface area contributed by atoms with Crippen molar-refractivity contribution in [3.63, 3.8) is 0 Å². The van der Waals surface area contributed by atoms with E-state index in [0.29, 0.717) is 0 Å². The Labute approximate surface area is 101 Å². The molecule has 1 unspecified atom stereocenters. The van der Waals surface area contributed by atoms with Crippen molar-refractivity contribution >= 4 is 11.6 Å². The first kappa shape index (κ1) is 11.9. The number of hydrogen-bond donors (Lipinski definition) is 2. The standard InChI is InChI=1S/C13H18N2O2/c1-17-11-6-4-5-10(9-11)15-13(16)12-7-2-3-8-14-12/h4-6,9,12,14H,2-3,7-8H2,1H3,(H,15,16). The molecule has 0 aliphatic carbocycles. The summed E-state index contributed by atoms with van der Waals surface area (Å²) in [7, 11) is 1.61. The van der Waals surface area contributed by atoms with Crippen LogP contribution in [-0.2, 0) is 4.79 Å². The lowest BCUT2D eigenvalue weighted by Gasteiger charge is -2.22. The fourth-order valence-corrected chi connectivity index (χ4v) is 2.01. The second-order valence-electron chi connectivity index (χ2n) is 4.22. The van der Waals surface area contributed by atoms with Crippen LogP contribution in [0.15, 0.2) is 24.3 Å². The lowest BCUT2D eigenvalue weighted by molar-refractivity contribution is -0.118. The molecule has 1 aliphatic heterocycles. The average molecular weight is 234 g/mol. The number of rotatable bonds is 3. The minimum atomic E-state index is -0.0602. The zero-order valence-corrected chi connectivity index (χ0v) is 10.0. The summed E-state index contributed by atoms with van der Waals surface area (Å²) in [6.07, 6.45) is 3.18. The monoisotopic (exact) mass is 234 g/mol. The fraction of sp³-hybridized carbons (Fsp3) is 0.462. The third-order valence-electron chi connectivity index (χ3n) is 2.96. The van der Waals surface area contributed by atoms with Crippen LogP contribution in [-0.4, -0.2) is 25.6 Å². The summed E-state index contributed by atoms with van der Waals surface area (Å²) in [5.74, 6) is 0.789. The van der Waals surface area contributed by atoms with E-state index < -0.39 is 0 Å². The minimum Gasteiger partial charge on any atom is -0.497 e. The van der Waals surface area contributed by atoms with Gasteiger partial charge in [0.2, 0.25) is 5.91 Å². The zero-order chi connectivity index (χ0) is 12.1. The molecule has 1 aliphatic rings. The summed E-state index contributed by atoms with van der Waals surface area (Å²) < 4.78 is 5.11. The number of ether oxygens (including phenoxy) is 1. The topological polar surface area (TPSA) is 50.4 Å². The molecule has 92 valence electrons. The number of nitrogens with one attached hydrogen (secondary N) is 2. The number of benzene rings is 1. The van der Waals surface area contributed by atoms with Crippen LogP contribution in [0, 0.1) is 0 Å². The molecule has 4 heteroatoms. The Kier molecular flexibility index (Phi) is 3.98. The molecule has 4 nitrogen and oxygen atoms in total. The molecule has 1 atom stereocenters. The smallest absolute Gasteiger partial charge is 0.241 e. The van der Waals surface area contributed by atoms with Crippen molar-refractivity contribution in [2.24, 2.45) is 0 Å². The van der Waals surface area contributed by atoms with Gasteiger partial charge in [0.15, 0.2) is 0 Å². The maximum Gasteiger partial charge on any atom is 0.241 e. The highest BCUT2D eigenvalue weighted by molar-refractivity contribution is 5.95. The summed E-state index contributed by atoms with van der Waals surface area (Å²) in [5.41, 5.74) is 0.779. The second kappa shape index (κ2) is 5.68. The lowest BCUT2D eigenvalue weighted by Crippen LogP contribution is -2.43. The summed E-state index contributed by atoms with van der Waals surface area (Å²) in [6, 6.07) is 7.34. The van der Waals surface area contributed by atoms with Gasteiger partial charge in [-0.1, -0.05) is 12.5 Å². The number of carbonyl (C=O) groups is 1. The fourth-order valence-electron chi connectivity index (χ4n) is 2.01. The summed E-state index contributed by atoms with van der Waals surface area (Å²) in [5, 5.41) is 6.13. The first-order chi connectivity index (χ1) is 8.29. The van der Waals surface area contributed by atoms with Crippen molar-refractivity contribution in [1.82, 2.24) is 5.32 Å². The van der Waals surface area contributed by atoms with Gasteiger partial charge in [0.05, 0.1) is 13.2 Å². The van der Waals surface area contributed by atoms with Crippen molar-refractivity contribution < 1.29 is 9.53 Å². The normalized spacial score (nSPS) is 19.7. The van der Waals surface area contributed by atoms with Crippen molar-refractivity contribution in [3.05, 3.63) is 24.3 Å². The van der Waals surface area contributed by atoms with E-state index in [9.17, 15) is 4.79 Å². The molecule has 17 heavy (non-hydrogen) atoms. The Morgan fingerprint density at radius 2 is 2.35 bits per heavy atom. The Morgan fingerprint density at radius 1 is 1.47 bits per heavy atom.